The minimum absolute atomic E-state index is 0.227. The minimum atomic E-state index is -1.87. The summed E-state index contributed by atoms with van der Waals surface area (Å²) in [6, 6.07) is 26.6. The Balaban J connectivity index is 0.00000300. The van der Waals surface area contributed by atoms with Crippen molar-refractivity contribution in [2.75, 3.05) is 13.1 Å². The van der Waals surface area contributed by atoms with Crippen molar-refractivity contribution in [3.8, 4) is 11.1 Å². The average Bonchev–Trinajstić information content (AvgIpc) is 3.09. The van der Waals surface area contributed by atoms with Gasteiger partial charge in [-0.25, -0.2) is 0 Å². The second-order valence-electron chi connectivity index (χ2n) is 22.5. The molecule has 0 radical (unpaired) electrons. The number of rotatable bonds is 11. The van der Waals surface area contributed by atoms with Gasteiger partial charge in [0.05, 0.1) is 11.4 Å². The van der Waals surface area contributed by atoms with E-state index in [4.69, 9.17) is 9.98 Å². The molecule has 59 heavy (non-hydrogen) atoms. The molecule has 0 atom stereocenters. The van der Waals surface area contributed by atoms with Gasteiger partial charge in [-0.2, -0.15) is 0 Å². The van der Waals surface area contributed by atoms with Crippen molar-refractivity contribution in [3.63, 3.8) is 0 Å². The van der Waals surface area contributed by atoms with Gasteiger partial charge in [-0.1, -0.05) is 196 Å². The summed E-state index contributed by atoms with van der Waals surface area (Å²) >= 11 is 6.00. The molecule has 328 valence electrons. The van der Waals surface area contributed by atoms with Crippen LogP contribution in [0.1, 0.15) is 83.1 Å². The Morgan fingerprint density at radius 1 is 0.458 bits per heavy atom. The van der Waals surface area contributed by atoms with Crippen molar-refractivity contribution in [1.82, 2.24) is 8.46 Å². The first-order valence-electron chi connectivity index (χ1n) is 21.3. The van der Waals surface area contributed by atoms with Crippen LogP contribution in [0.3, 0.4) is 0 Å². The molecule has 0 aliphatic heterocycles. The molecule has 0 aromatic heterocycles. The molecule has 0 fully saturated rings. The SMILES string of the molecule is CC(C)(C)[Si](C)(C)N(CC=Nc1ccc2ccccc2c1-c1c(N=CCN([Si](C)(C)C(C)(C)C)[Si](C)(C)C(C)(C)C)ccc2ccccc12)[Si](C)(C)C(C)(C)C.[Br][Ni+2][Br]. The van der Waals surface area contributed by atoms with Gasteiger partial charge in [0.15, 0.2) is 0 Å². The first-order chi connectivity index (χ1) is 26.8. The fourth-order valence-electron chi connectivity index (χ4n) is 7.63. The van der Waals surface area contributed by atoms with Crippen molar-refractivity contribution in [3.05, 3.63) is 72.8 Å². The van der Waals surface area contributed by atoms with E-state index in [9.17, 15) is 0 Å². The molecule has 4 aromatic carbocycles. The molecule has 0 N–H and O–H groups in total. The first kappa shape index (κ1) is 52.3. The molecule has 0 heterocycles. The van der Waals surface area contributed by atoms with Crippen molar-refractivity contribution >= 4 is 107 Å². The van der Waals surface area contributed by atoms with Crippen molar-refractivity contribution < 1.29 is 10.9 Å². The van der Waals surface area contributed by atoms with Crippen LogP contribution in [-0.2, 0) is 10.9 Å². The number of hydrogen-bond donors (Lipinski definition) is 0. The van der Waals surface area contributed by atoms with Gasteiger partial charge < -0.3 is 8.46 Å². The molecule has 0 amide bonds. The number of benzene rings is 4. The first-order valence-corrected chi connectivity index (χ1v) is 37.9. The maximum atomic E-state index is 5.47. The molecule has 0 bridgehead atoms. The Labute approximate surface area is 385 Å². The van der Waals surface area contributed by atoms with Crippen molar-refractivity contribution in [2.24, 2.45) is 9.98 Å². The average molecular weight is 1040 g/mol. The molecule has 11 heteroatoms. The van der Waals surface area contributed by atoms with Crippen LogP contribution in [-0.4, -0.2) is 66.9 Å². The Kier molecular flexibility index (Phi) is 17.2. The number of hydrogen-bond acceptors (Lipinski definition) is 4. The number of aliphatic imine (C=N–C) groups is 2. The summed E-state index contributed by atoms with van der Waals surface area (Å²) in [4.78, 5) is 10.9. The summed E-state index contributed by atoms with van der Waals surface area (Å²) in [5.41, 5.74) is 4.34. The number of halogens is 2. The monoisotopic (exact) mass is 1040 g/mol. The summed E-state index contributed by atoms with van der Waals surface area (Å²) in [6.45, 7) is 51.6. The Morgan fingerprint density at radius 3 is 0.966 bits per heavy atom. The van der Waals surface area contributed by atoms with Crippen LogP contribution in [0.15, 0.2) is 82.8 Å². The van der Waals surface area contributed by atoms with Gasteiger partial charge in [0.25, 0.3) is 0 Å². The van der Waals surface area contributed by atoms with Crippen LogP contribution in [0.5, 0.6) is 0 Å². The van der Waals surface area contributed by atoms with E-state index in [1.807, 2.05) is 0 Å². The third kappa shape index (κ3) is 11.4. The molecular formula is C48H78Br2N4NiSi4+2. The van der Waals surface area contributed by atoms with Gasteiger partial charge in [-0.3, -0.25) is 9.98 Å². The summed E-state index contributed by atoms with van der Waals surface area (Å²) in [6.07, 6.45) is 4.47. The van der Waals surface area contributed by atoms with Crippen LogP contribution >= 0.6 is 28.5 Å². The molecule has 0 saturated carbocycles. The molecule has 0 aliphatic carbocycles. The van der Waals surface area contributed by atoms with Gasteiger partial charge in [0, 0.05) is 36.6 Å². The standard InChI is InChI=1S/C48H78N4Si4.2BrH.Ni/c1-45(2,3)53(13,14)51(54(15,16)46(4,5)6)35-33-49-41-31-29-37-25-21-23-27-39(37)43(41)44-40-28-24-22-26-38(40)30-32-42(44)50-34-36-52(55(17,18)47(7,8)9)56(19,20)48(10,11)12;;;/h21-34H,35-36H2,1-20H3;2*1H;/q;;;+4/p-2. The van der Waals surface area contributed by atoms with Crippen LogP contribution in [0, 0.1) is 0 Å². The van der Waals surface area contributed by atoms with Crippen LogP contribution in [0.4, 0.5) is 11.4 Å². The van der Waals surface area contributed by atoms with Crippen LogP contribution in [0.2, 0.25) is 72.5 Å². The summed E-state index contributed by atoms with van der Waals surface area (Å²) < 4.78 is 5.91. The molecule has 0 saturated heterocycles. The fraction of sp³-hybridized carbons (Fsp3) is 0.542. The Hall–Kier alpha value is -1.02. The molecular weight excluding hydrogens is 963 g/mol. The van der Waals surface area contributed by atoms with Crippen molar-refractivity contribution in [1.29, 1.82) is 0 Å². The van der Waals surface area contributed by atoms with Crippen LogP contribution in [0.25, 0.3) is 32.7 Å². The van der Waals surface area contributed by atoms with Crippen molar-refractivity contribution in [2.45, 2.75) is 156 Å². The predicted molar refractivity (Wildman–Crippen MR) is 283 cm³/mol. The van der Waals surface area contributed by atoms with Gasteiger partial charge in [-0.05, 0) is 53.8 Å². The summed E-state index contributed by atoms with van der Waals surface area (Å²) in [5, 5.41) is 5.77. The zero-order valence-electron chi connectivity index (χ0n) is 40.4. The molecule has 4 aromatic rings. The van der Waals surface area contributed by atoms with Gasteiger partial charge in [0.1, 0.15) is 32.9 Å². The van der Waals surface area contributed by atoms with E-state index in [1.54, 1.807) is 0 Å². The third-order valence-corrected chi connectivity index (χ3v) is 42.6. The third-order valence-electron chi connectivity index (χ3n) is 15.1. The normalized spacial score (nSPS) is 14.4. The Bertz CT molecular complexity index is 1900. The topological polar surface area (TPSA) is 31.2 Å². The second-order valence-corrected chi connectivity index (χ2v) is 49.0. The number of nitrogens with zero attached hydrogens (tertiary/aromatic N) is 4. The summed E-state index contributed by atoms with van der Waals surface area (Å²) in [7, 11) is -6.24. The summed E-state index contributed by atoms with van der Waals surface area (Å²) in [5.74, 6) is 0. The van der Waals surface area contributed by atoms with Gasteiger partial charge in [0.2, 0.25) is 0 Å². The van der Waals surface area contributed by atoms with E-state index in [2.05, 4.69) is 258 Å². The van der Waals surface area contributed by atoms with E-state index in [0.29, 0.717) is 0 Å². The second kappa shape index (κ2) is 19.4. The van der Waals surface area contributed by atoms with E-state index < -0.39 is 32.9 Å². The van der Waals surface area contributed by atoms with Gasteiger partial charge >= 0.3 is 39.3 Å². The van der Waals surface area contributed by atoms with E-state index in [0.717, 1.165) is 24.5 Å². The fourth-order valence-corrected chi connectivity index (χ4v) is 28.2. The molecule has 0 unspecified atom stereocenters. The quantitative estimate of drug-likeness (QED) is 0.111. The molecule has 4 rings (SSSR count). The maximum absolute atomic E-state index is 5.47. The van der Waals surface area contributed by atoms with E-state index in [1.165, 1.54) is 43.6 Å². The molecule has 0 spiro atoms. The van der Waals surface area contributed by atoms with E-state index >= 15 is 0 Å². The van der Waals surface area contributed by atoms with E-state index in [-0.39, 0.29) is 20.2 Å². The molecule has 4 nitrogen and oxygen atoms in total. The van der Waals surface area contributed by atoms with Crippen LogP contribution < -0.4 is 0 Å². The zero-order chi connectivity index (χ0) is 45.2. The predicted octanol–water partition coefficient (Wildman–Crippen LogP) is 17.4. The Morgan fingerprint density at radius 2 is 0.712 bits per heavy atom. The number of fused-ring (bicyclic) bond motifs is 2. The molecule has 0 aliphatic rings. The van der Waals surface area contributed by atoms with Gasteiger partial charge in [-0.15, -0.1) is 0 Å². The zero-order valence-corrected chi connectivity index (χ0v) is 48.5.